The summed E-state index contributed by atoms with van der Waals surface area (Å²) in [7, 11) is 0. The summed E-state index contributed by atoms with van der Waals surface area (Å²) in [6, 6.07) is 4.09. The fourth-order valence-corrected chi connectivity index (χ4v) is 2.80. The number of aromatic amines is 1. The summed E-state index contributed by atoms with van der Waals surface area (Å²) in [6.07, 6.45) is 5.14. The molecule has 124 valence electrons. The number of carbonyl (C=O) groups excluding carboxylic acids is 1. The number of hydrogen-bond acceptors (Lipinski definition) is 3. The van der Waals surface area contributed by atoms with Crippen LogP contribution in [0.3, 0.4) is 0 Å². The first-order valence-corrected chi connectivity index (χ1v) is 8.25. The summed E-state index contributed by atoms with van der Waals surface area (Å²) in [5.74, 6) is 0.567. The van der Waals surface area contributed by atoms with Crippen LogP contribution in [0.15, 0.2) is 18.3 Å². The van der Waals surface area contributed by atoms with Crippen molar-refractivity contribution >= 4 is 6.09 Å². The molecule has 0 saturated carbocycles. The molecule has 1 aromatic rings. The van der Waals surface area contributed by atoms with Crippen LogP contribution in [-0.2, 0) is 11.3 Å². The summed E-state index contributed by atoms with van der Waals surface area (Å²) in [5.41, 5.74) is 0.792. The largest absolute Gasteiger partial charge is 0.444 e. The zero-order chi connectivity index (χ0) is 16.0. The number of nitrogens with one attached hydrogen (secondary N) is 2. The van der Waals surface area contributed by atoms with E-state index in [0.717, 1.165) is 39.0 Å². The predicted molar refractivity (Wildman–Crippen MR) is 87.6 cm³/mol. The van der Waals surface area contributed by atoms with Crippen LogP contribution in [0, 0.1) is 5.92 Å². The van der Waals surface area contributed by atoms with Crippen molar-refractivity contribution in [1.82, 2.24) is 15.2 Å². The van der Waals surface area contributed by atoms with Crippen LogP contribution in [0.2, 0.25) is 0 Å². The molecule has 2 N–H and O–H groups in total. The lowest BCUT2D eigenvalue weighted by Gasteiger charge is -2.34. The first-order chi connectivity index (χ1) is 10.4. The maximum atomic E-state index is 12.1. The Balaban J connectivity index is 1.68. The average molecular weight is 307 g/mol. The van der Waals surface area contributed by atoms with Gasteiger partial charge in [-0.15, -0.1) is 0 Å². The fourth-order valence-electron chi connectivity index (χ4n) is 2.80. The Hall–Kier alpha value is -1.49. The molecular weight excluding hydrogens is 278 g/mol. The zero-order valence-corrected chi connectivity index (χ0v) is 14.0. The van der Waals surface area contributed by atoms with Gasteiger partial charge in [-0.05, 0) is 64.6 Å². The van der Waals surface area contributed by atoms with E-state index in [9.17, 15) is 4.79 Å². The molecule has 1 saturated heterocycles. The van der Waals surface area contributed by atoms with Gasteiger partial charge >= 0.3 is 6.09 Å². The molecule has 1 unspecified atom stereocenters. The fraction of sp³-hybridized carbons (Fsp3) is 0.706. The van der Waals surface area contributed by atoms with Gasteiger partial charge in [-0.2, -0.15) is 0 Å². The smallest absolute Gasteiger partial charge is 0.410 e. The Bertz CT molecular complexity index is 451. The van der Waals surface area contributed by atoms with Crippen LogP contribution in [-0.4, -0.2) is 41.2 Å². The number of aromatic nitrogens is 1. The molecule has 2 heterocycles. The van der Waals surface area contributed by atoms with Crippen LogP contribution >= 0.6 is 0 Å². The Morgan fingerprint density at radius 1 is 1.50 bits per heavy atom. The molecule has 5 nitrogen and oxygen atoms in total. The topological polar surface area (TPSA) is 57.4 Å². The number of ether oxygens (including phenoxy) is 1. The number of likely N-dealkylation sites (tertiary alicyclic amines) is 1. The van der Waals surface area contributed by atoms with Crippen molar-refractivity contribution in [1.29, 1.82) is 0 Å². The molecule has 22 heavy (non-hydrogen) atoms. The quantitative estimate of drug-likeness (QED) is 0.822. The van der Waals surface area contributed by atoms with Crippen LogP contribution in [0.5, 0.6) is 0 Å². The number of H-pyrrole nitrogens is 1. The van der Waals surface area contributed by atoms with E-state index >= 15 is 0 Å². The Labute approximate surface area is 133 Å². The van der Waals surface area contributed by atoms with Gasteiger partial charge in [0, 0.05) is 31.5 Å². The first-order valence-electron chi connectivity index (χ1n) is 8.25. The van der Waals surface area contributed by atoms with Gasteiger partial charge in [-0.25, -0.2) is 4.79 Å². The minimum Gasteiger partial charge on any atom is -0.444 e. The summed E-state index contributed by atoms with van der Waals surface area (Å²) < 4.78 is 5.47. The molecule has 0 bridgehead atoms. The predicted octanol–water partition coefficient (Wildman–Crippen LogP) is 3.14. The van der Waals surface area contributed by atoms with Crippen molar-refractivity contribution in [3.8, 4) is 0 Å². The SMILES string of the molecule is CC(C)(C)OC(=O)N1CCCC(CCNCc2ccc[nH]2)C1. The number of rotatable bonds is 5. The molecule has 1 aliphatic heterocycles. The van der Waals surface area contributed by atoms with E-state index in [1.807, 2.05) is 37.9 Å². The highest BCUT2D eigenvalue weighted by atomic mass is 16.6. The highest BCUT2D eigenvalue weighted by Gasteiger charge is 2.27. The number of hydrogen-bond donors (Lipinski definition) is 2. The normalized spacial score (nSPS) is 19.2. The van der Waals surface area contributed by atoms with Crippen LogP contribution in [0.1, 0.15) is 45.7 Å². The van der Waals surface area contributed by atoms with E-state index in [2.05, 4.69) is 16.4 Å². The molecule has 5 heteroatoms. The van der Waals surface area contributed by atoms with E-state index < -0.39 is 5.60 Å². The molecule has 1 aliphatic rings. The summed E-state index contributed by atoms with van der Waals surface area (Å²) >= 11 is 0. The standard InChI is InChI=1S/C17H29N3O2/c1-17(2,3)22-16(21)20-11-5-6-14(13-20)8-10-18-12-15-7-4-9-19-15/h4,7,9,14,18-19H,5-6,8,10-13H2,1-3H3. The number of piperidine rings is 1. The number of amides is 1. The van der Waals surface area contributed by atoms with Gasteiger partial charge in [0.25, 0.3) is 0 Å². The number of carbonyl (C=O) groups is 1. The zero-order valence-electron chi connectivity index (χ0n) is 14.0. The van der Waals surface area contributed by atoms with Gasteiger partial charge < -0.3 is 19.9 Å². The summed E-state index contributed by atoms with van der Waals surface area (Å²) in [5, 5.41) is 3.45. The summed E-state index contributed by atoms with van der Waals surface area (Å²) in [6.45, 7) is 9.23. The van der Waals surface area contributed by atoms with Crippen molar-refractivity contribution in [2.75, 3.05) is 19.6 Å². The third kappa shape index (κ3) is 5.72. The third-order valence-corrected chi connectivity index (χ3v) is 3.88. The van der Waals surface area contributed by atoms with Crippen molar-refractivity contribution in [3.05, 3.63) is 24.0 Å². The highest BCUT2D eigenvalue weighted by Crippen LogP contribution is 2.21. The molecule has 2 rings (SSSR count). The maximum absolute atomic E-state index is 12.1. The monoisotopic (exact) mass is 307 g/mol. The highest BCUT2D eigenvalue weighted by molar-refractivity contribution is 5.68. The second kappa shape index (κ2) is 7.68. The molecule has 0 spiro atoms. The molecule has 0 aliphatic carbocycles. The molecule has 0 radical (unpaired) electrons. The van der Waals surface area contributed by atoms with Crippen LogP contribution < -0.4 is 5.32 Å². The minimum absolute atomic E-state index is 0.170. The lowest BCUT2D eigenvalue weighted by atomic mass is 9.95. The lowest BCUT2D eigenvalue weighted by Crippen LogP contribution is -2.43. The Kier molecular flexibility index (Phi) is 5.89. The molecule has 1 fully saturated rings. The van der Waals surface area contributed by atoms with E-state index in [-0.39, 0.29) is 6.09 Å². The van der Waals surface area contributed by atoms with E-state index in [1.54, 1.807) is 0 Å². The molecular formula is C17H29N3O2. The van der Waals surface area contributed by atoms with Gasteiger partial charge in [0.1, 0.15) is 5.60 Å². The second-order valence-electron chi connectivity index (χ2n) is 7.10. The van der Waals surface area contributed by atoms with Gasteiger partial charge in [-0.3, -0.25) is 0 Å². The molecule has 1 atom stereocenters. The number of nitrogens with zero attached hydrogens (tertiary/aromatic N) is 1. The van der Waals surface area contributed by atoms with E-state index in [0.29, 0.717) is 5.92 Å². The van der Waals surface area contributed by atoms with Gasteiger partial charge in [-0.1, -0.05) is 0 Å². The van der Waals surface area contributed by atoms with E-state index in [4.69, 9.17) is 4.74 Å². The van der Waals surface area contributed by atoms with E-state index in [1.165, 1.54) is 12.1 Å². The van der Waals surface area contributed by atoms with Gasteiger partial charge in [0.15, 0.2) is 0 Å². The Morgan fingerprint density at radius 2 is 2.32 bits per heavy atom. The summed E-state index contributed by atoms with van der Waals surface area (Å²) in [4.78, 5) is 17.2. The average Bonchev–Trinajstić information content (AvgIpc) is 2.95. The van der Waals surface area contributed by atoms with Crippen LogP contribution in [0.4, 0.5) is 4.79 Å². The molecule has 1 amide bonds. The molecule has 0 aromatic carbocycles. The first kappa shape index (κ1) is 16.9. The van der Waals surface area contributed by atoms with Gasteiger partial charge in [0.05, 0.1) is 0 Å². The van der Waals surface area contributed by atoms with Gasteiger partial charge in [0.2, 0.25) is 0 Å². The third-order valence-electron chi connectivity index (χ3n) is 3.88. The van der Waals surface area contributed by atoms with Crippen molar-refractivity contribution in [2.45, 2.75) is 52.2 Å². The van der Waals surface area contributed by atoms with Crippen molar-refractivity contribution in [2.24, 2.45) is 5.92 Å². The maximum Gasteiger partial charge on any atom is 0.410 e. The van der Waals surface area contributed by atoms with Crippen LogP contribution in [0.25, 0.3) is 0 Å². The lowest BCUT2D eigenvalue weighted by molar-refractivity contribution is 0.0162. The minimum atomic E-state index is -0.415. The van der Waals surface area contributed by atoms with Crippen molar-refractivity contribution in [3.63, 3.8) is 0 Å². The molecule has 1 aromatic heterocycles. The Morgan fingerprint density at radius 3 is 3.00 bits per heavy atom. The van der Waals surface area contributed by atoms with Crippen molar-refractivity contribution < 1.29 is 9.53 Å². The second-order valence-corrected chi connectivity index (χ2v) is 7.10.